The van der Waals surface area contributed by atoms with Crippen LogP contribution in [-0.4, -0.2) is 17.6 Å². The molecule has 4 nitrogen and oxygen atoms in total. The van der Waals surface area contributed by atoms with Crippen molar-refractivity contribution in [1.82, 2.24) is 0 Å². The number of benzene rings is 2. The largest absolute Gasteiger partial charge is 0.490 e. The minimum atomic E-state index is -0.455. The second-order valence-electron chi connectivity index (χ2n) is 4.39. The van der Waals surface area contributed by atoms with Crippen LogP contribution in [0, 0.1) is 5.82 Å². The number of aliphatic hydroxyl groups excluding tert-OH is 1. The Kier molecular flexibility index (Phi) is 5.29. The minimum Gasteiger partial charge on any atom is -0.490 e. The molecule has 110 valence electrons. The van der Waals surface area contributed by atoms with Gasteiger partial charge in [0.05, 0.1) is 19.6 Å². The molecule has 2 rings (SSSR count). The molecule has 0 aliphatic heterocycles. The average Bonchev–Trinajstić information content (AvgIpc) is 2.50. The molecule has 0 unspecified atom stereocenters. The molecule has 5 heteroatoms. The van der Waals surface area contributed by atoms with Gasteiger partial charge >= 0.3 is 0 Å². The number of hydrogen-bond acceptors (Lipinski definition) is 3. The zero-order valence-electron chi connectivity index (χ0n) is 11.4. The lowest BCUT2D eigenvalue weighted by molar-refractivity contribution is -0.116. The van der Waals surface area contributed by atoms with E-state index in [0.29, 0.717) is 11.3 Å². The normalized spacial score (nSPS) is 10.2. The topological polar surface area (TPSA) is 58.6 Å². The maximum absolute atomic E-state index is 13.3. The molecule has 0 aromatic heterocycles. The van der Waals surface area contributed by atoms with E-state index in [1.54, 1.807) is 36.4 Å². The third kappa shape index (κ3) is 4.29. The number of carbonyl (C=O) groups excluding carboxylic acids is 1. The Morgan fingerprint density at radius 3 is 2.62 bits per heavy atom. The van der Waals surface area contributed by atoms with E-state index in [4.69, 9.17) is 9.84 Å². The first-order valence-corrected chi connectivity index (χ1v) is 6.56. The molecule has 21 heavy (non-hydrogen) atoms. The van der Waals surface area contributed by atoms with Crippen molar-refractivity contribution >= 4 is 11.6 Å². The summed E-state index contributed by atoms with van der Waals surface area (Å²) in [6.07, 6.45) is 0.0914. The van der Waals surface area contributed by atoms with Crippen LogP contribution in [-0.2, 0) is 11.4 Å². The van der Waals surface area contributed by atoms with Crippen LogP contribution in [0.2, 0.25) is 0 Å². The first kappa shape index (κ1) is 15.0. The maximum atomic E-state index is 13.3. The summed E-state index contributed by atoms with van der Waals surface area (Å²) >= 11 is 0. The number of halogens is 1. The Labute approximate surface area is 122 Å². The van der Waals surface area contributed by atoms with Gasteiger partial charge in [-0.1, -0.05) is 30.3 Å². The highest BCUT2D eigenvalue weighted by atomic mass is 19.1. The molecule has 2 N–H and O–H groups in total. The number of amides is 1. The quantitative estimate of drug-likeness (QED) is 0.859. The van der Waals surface area contributed by atoms with Crippen LogP contribution in [0.3, 0.4) is 0 Å². The average molecular weight is 289 g/mol. The van der Waals surface area contributed by atoms with E-state index in [9.17, 15) is 9.18 Å². The van der Waals surface area contributed by atoms with Crippen LogP contribution < -0.4 is 10.1 Å². The molecule has 0 bridgehead atoms. The summed E-state index contributed by atoms with van der Waals surface area (Å²) in [5.74, 6) is -0.586. The van der Waals surface area contributed by atoms with Crippen LogP contribution in [0.4, 0.5) is 10.1 Å². The molecule has 0 saturated heterocycles. The zero-order chi connectivity index (χ0) is 15.1. The third-order valence-electron chi connectivity index (χ3n) is 2.89. The molecule has 1 amide bonds. The Hall–Kier alpha value is -2.40. The van der Waals surface area contributed by atoms with Gasteiger partial charge in [-0.15, -0.1) is 0 Å². The minimum absolute atomic E-state index is 0.0774. The van der Waals surface area contributed by atoms with E-state index in [1.807, 2.05) is 0 Å². The van der Waals surface area contributed by atoms with E-state index >= 15 is 0 Å². The third-order valence-corrected chi connectivity index (χ3v) is 2.89. The summed E-state index contributed by atoms with van der Waals surface area (Å²) in [5, 5.41) is 11.9. The monoisotopic (exact) mass is 289 g/mol. The predicted molar refractivity (Wildman–Crippen MR) is 77.5 cm³/mol. The number of hydrogen-bond donors (Lipinski definition) is 2. The fourth-order valence-electron chi connectivity index (χ4n) is 1.81. The van der Waals surface area contributed by atoms with E-state index < -0.39 is 5.82 Å². The smallest absolute Gasteiger partial charge is 0.227 e. The van der Waals surface area contributed by atoms with Gasteiger partial charge < -0.3 is 15.2 Å². The number of nitrogens with one attached hydrogen (secondary N) is 1. The lowest BCUT2D eigenvalue weighted by Crippen LogP contribution is -2.16. The van der Waals surface area contributed by atoms with Gasteiger partial charge in [-0.05, 0) is 18.2 Å². The van der Waals surface area contributed by atoms with Crippen molar-refractivity contribution in [2.45, 2.75) is 13.0 Å². The SMILES string of the molecule is O=C(CCOc1ccccc1F)Nc1ccccc1CO. The standard InChI is InChI=1S/C16H16FNO3/c17-13-6-2-4-8-15(13)21-10-9-16(20)18-14-7-3-1-5-12(14)11-19/h1-8,19H,9-11H2,(H,18,20). The van der Waals surface area contributed by atoms with Crippen LogP contribution in [0.1, 0.15) is 12.0 Å². The summed E-state index contributed by atoms with van der Waals surface area (Å²) in [5.41, 5.74) is 1.21. The highest BCUT2D eigenvalue weighted by Crippen LogP contribution is 2.17. The van der Waals surface area contributed by atoms with Gasteiger partial charge in [-0.25, -0.2) is 4.39 Å². The fourth-order valence-corrected chi connectivity index (χ4v) is 1.81. The van der Waals surface area contributed by atoms with Crippen molar-refractivity contribution in [3.63, 3.8) is 0 Å². The molecule has 0 fully saturated rings. The van der Waals surface area contributed by atoms with Gasteiger partial charge in [-0.3, -0.25) is 4.79 Å². The summed E-state index contributed by atoms with van der Waals surface area (Å²) in [7, 11) is 0. The molecule has 0 atom stereocenters. The van der Waals surface area contributed by atoms with Crippen molar-refractivity contribution in [2.75, 3.05) is 11.9 Å². The van der Waals surface area contributed by atoms with E-state index in [1.165, 1.54) is 12.1 Å². The van der Waals surface area contributed by atoms with E-state index in [-0.39, 0.29) is 31.3 Å². The van der Waals surface area contributed by atoms with Crippen molar-refractivity contribution in [3.05, 3.63) is 59.9 Å². The Bertz CT molecular complexity index is 616. The lowest BCUT2D eigenvalue weighted by atomic mass is 10.2. The molecular formula is C16H16FNO3. The van der Waals surface area contributed by atoms with Gasteiger partial charge in [0.15, 0.2) is 11.6 Å². The zero-order valence-corrected chi connectivity index (χ0v) is 11.4. The van der Waals surface area contributed by atoms with Gasteiger partial charge in [0, 0.05) is 11.3 Å². The predicted octanol–water partition coefficient (Wildman–Crippen LogP) is 2.73. The van der Waals surface area contributed by atoms with Gasteiger partial charge in [0.2, 0.25) is 5.91 Å². The molecule has 0 saturated carbocycles. The summed E-state index contributed by atoms with van der Waals surface area (Å²) in [4.78, 5) is 11.8. The number of anilines is 1. The van der Waals surface area contributed by atoms with Gasteiger partial charge in [0.1, 0.15) is 0 Å². The van der Waals surface area contributed by atoms with E-state index in [2.05, 4.69) is 5.32 Å². The molecule has 2 aromatic carbocycles. The molecule has 0 radical (unpaired) electrons. The highest BCUT2D eigenvalue weighted by Gasteiger charge is 2.07. The summed E-state index contributed by atoms with van der Waals surface area (Å²) < 4.78 is 18.5. The maximum Gasteiger partial charge on any atom is 0.227 e. The van der Waals surface area contributed by atoms with E-state index in [0.717, 1.165) is 0 Å². The molecule has 0 heterocycles. The van der Waals surface area contributed by atoms with Gasteiger partial charge in [-0.2, -0.15) is 0 Å². The molecule has 0 aliphatic carbocycles. The molecular weight excluding hydrogens is 273 g/mol. The number of aliphatic hydroxyl groups is 1. The lowest BCUT2D eigenvalue weighted by Gasteiger charge is -2.10. The molecule has 0 spiro atoms. The second kappa shape index (κ2) is 7.40. The molecule has 0 aliphatic rings. The van der Waals surface area contributed by atoms with Crippen LogP contribution in [0.5, 0.6) is 5.75 Å². The van der Waals surface area contributed by atoms with Crippen LogP contribution in [0.25, 0.3) is 0 Å². The summed E-state index contributed by atoms with van der Waals surface area (Å²) in [6, 6.07) is 13.0. The Morgan fingerprint density at radius 1 is 1.14 bits per heavy atom. The Balaban J connectivity index is 1.84. The fraction of sp³-hybridized carbons (Fsp3) is 0.188. The van der Waals surface area contributed by atoms with Crippen LogP contribution in [0.15, 0.2) is 48.5 Å². The Morgan fingerprint density at radius 2 is 1.86 bits per heavy atom. The van der Waals surface area contributed by atoms with Gasteiger partial charge in [0.25, 0.3) is 0 Å². The number of ether oxygens (including phenoxy) is 1. The van der Waals surface area contributed by atoms with Crippen LogP contribution >= 0.6 is 0 Å². The highest BCUT2D eigenvalue weighted by molar-refractivity contribution is 5.91. The second-order valence-corrected chi connectivity index (χ2v) is 4.39. The first-order chi connectivity index (χ1) is 10.2. The summed E-state index contributed by atoms with van der Waals surface area (Å²) in [6.45, 7) is -0.0732. The number of rotatable bonds is 6. The number of carbonyl (C=O) groups is 1. The van der Waals surface area contributed by atoms with Crippen molar-refractivity contribution in [3.8, 4) is 5.75 Å². The van der Waals surface area contributed by atoms with Crippen molar-refractivity contribution < 1.29 is 19.0 Å². The first-order valence-electron chi connectivity index (χ1n) is 6.56. The molecule has 2 aromatic rings. The van der Waals surface area contributed by atoms with Crippen molar-refractivity contribution in [1.29, 1.82) is 0 Å². The van der Waals surface area contributed by atoms with Crippen molar-refractivity contribution in [2.24, 2.45) is 0 Å². The number of para-hydroxylation sites is 2.